The van der Waals surface area contributed by atoms with Gasteiger partial charge in [-0.2, -0.15) is 4.58 Å². The number of aromatic carboxylic acids is 1. The molecule has 9 heteroatoms. The molecule has 0 spiro atoms. The van der Waals surface area contributed by atoms with E-state index in [0.29, 0.717) is 51.1 Å². The predicted molar refractivity (Wildman–Crippen MR) is 292 cm³/mol. The summed E-state index contributed by atoms with van der Waals surface area (Å²) in [6, 6.07) is 33.4. The third-order valence-corrected chi connectivity index (χ3v) is 14.5. The van der Waals surface area contributed by atoms with E-state index < -0.39 is 5.97 Å². The van der Waals surface area contributed by atoms with Crippen LogP contribution in [0.4, 0.5) is 17.1 Å². The molecular weight excluding hydrogens is 887 g/mol. The molecule has 0 aliphatic carbocycles. The fourth-order valence-electron chi connectivity index (χ4n) is 9.83. The van der Waals surface area contributed by atoms with Crippen LogP contribution in [0.1, 0.15) is 128 Å². The molecule has 3 N–H and O–H groups in total. The lowest BCUT2D eigenvalue weighted by molar-refractivity contribution is -0.437. The highest BCUT2D eigenvalue weighted by Gasteiger charge is 2.44. The summed E-state index contributed by atoms with van der Waals surface area (Å²) in [6.45, 7) is 29.5. The van der Waals surface area contributed by atoms with Gasteiger partial charge in [0.05, 0.1) is 22.0 Å². The highest BCUT2D eigenvalue weighted by Crippen LogP contribution is 2.46. The van der Waals surface area contributed by atoms with Crippen LogP contribution in [-0.2, 0) is 15.6 Å². The number of carboxylic acids is 1. The minimum atomic E-state index is -1.06. The van der Waals surface area contributed by atoms with E-state index in [0.717, 1.165) is 36.4 Å². The summed E-state index contributed by atoms with van der Waals surface area (Å²) in [6.07, 6.45) is 11.7. The number of ether oxygens (including phenoxy) is 1. The van der Waals surface area contributed by atoms with Gasteiger partial charge < -0.3 is 25.2 Å². The van der Waals surface area contributed by atoms with Crippen molar-refractivity contribution in [2.45, 2.75) is 112 Å². The van der Waals surface area contributed by atoms with Crippen LogP contribution in [0, 0.1) is 10.8 Å². The van der Waals surface area contributed by atoms with E-state index in [1.807, 2.05) is 59.7 Å². The van der Waals surface area contributed by atoms with E-state index in [-0.39, 0.29) is 39.0 Å². The van der Waals surface area contributed by atoms with Crippen molar-refractivity contribution in [2.75, 3.05) is 23.3 Å². The summed E-state index contributed by atoms with van der Waals surface area (Å²) in [5.41, 5.74) is 8.91. The number of Topliss-reactive ketones (excluding diaryl/α,β-unsaturated/α-hetero) is 1. The molecule has 0 bridgehead atoms. The molecule has 5 aromatic carbocycles. The van der Waals surface area contributed by atoms with Crippen molar-refractivity contribution in [3.63, 3.8) is 0 Å². The molecule has 70 heavy (non-hydrogen) atoms. The van der Waals surface area contributed by atoms with E-state index in [2.05, 4.69) is 129 Å². The van der Waals surface area contributed by atoms with Gasteiger partial charge in [0.15, 0.2) is 5.71 Å². The Morgan fingerprint density at radius 1 is 0.843 bits per heavy atom. The Morgan fingerprint density at radius 3 is 2.21 bits per heavy atom. The molecule has 0 aromatic heterocycles. The number of rotatable bonds is 12. The van der Waals surface area contributed by atoms with Crippen molar-refractivity contribution in [3.8, 4) is 17.2 Å². The third-order valence-electron chi connectivity index (χ3n) is 13.8. The molecular formula is C61H70N3O5S+. The Morgan fingerprint density at radius 2 is 1.53 bits per heavy atom. The summed E-state index contributed by atoms with van der Waals surface area (Å²) in [4.78, 5) is 28.0. The maximum absolute atomic E-state index is 12.6. The first kappa shape index (κ1) is 51.3. The van der Waals surface area contributed by atoms with Crippen LogP contribution in [0.5, 0.6) is 17.2 Å². The number of thiocarbonyl (C=S) groups is 1. The number of para-hydroxylation sites is 2. The Hall–Kier alpha value is -6.58. The first-order valence-electron chi connectivity index (χ1n) is 24.5. The van der Waals surface area contributed by atoms with Crippen molar-refractivity contribution in [2.24, 2.45) is 10.8 Å². The van der Waals surface area contributed by atoms with Gasteiger partial charge in [0.2, 0.25) is 5.69 Å². The fourth-order valence-corrected chi connectivity index (χ4v) is 9.95. The van der Waals surface area contributed by atoms with E-state index in [1.165, 1.54) is 34.3 Å². The van der Waals surface area contributed by atoms with E-state index >= 15 is 0 Å². The smallest absolute Gasteiger partial charge is 0.336 e. The number of nitrogens with one attached hydrogen (secondary N) is 1. The summed E-state index contributed by atoms with van der Waals surface area (Å²) in [5.74, 6) is 0.350. The summed E-state index contributed by atoms with van der Waals surface area (Å²) in [7, 11) is 0. The number of hydrogen-bond acceptors (Lipinski definition) is 6. The molecule has 364 valence electrons. The molecule has 3 aliphatic rings. The number of carbonyl (C=O) groups excluding carboxylic acids is 1. The average Bonchev–Trinajstić information content (AvgIpc) is 3.64. The zero-order chi connectivity index (χ0) is 50.9. The molecule has 1 atom stereocenters. The minimum Gasteiger partial charge on any atom is -0.508 e. The van der Waals surface area contributed by atoms with Crippen molar-refractivity contribution in [3.05, 3.63) is 166 Å². The topological polar surface area (TPSA) is 102 Å². The standard InChI is InChI=1S/C35H47N2O.C26H23NO4S/c1-9-24-36-28-19-12-10-17-26(28)34(5,6)30(36)21-14-15-22-31-35(7,8)27-18-11-13-20-29(27)37(31)25-16-23-32(38)33(2,3)4;1-14-5-8-18-21(11-14)31-22-13-16(28)7-10-19(22)23(18)17-9-6-15(12-20(17)24(29)30)27-25(32)26(2,3)4/h10-15,17-22,31H,9,16,23-25H2,1-8H3;5-13,28H,1H2,2-4H3,(H,27,32)(H,29,30)/q+1;/b21-14+,22-15+;. The van der Waals surface area contributed by atoms with Crippen LogP contribution < -0.4 is 25.4 Å². The zero-order valence-electron chi connectivity index (χ0n) is 42.9. The second kappa shape index (κ2) is 20.0. The number of phenols is 1. The lowest BCUT2D eigenvalue weighted by Gasteiger charge is -2.32. The quantitative estimate of drug-likeness (QED) is 0.0633. The van der Waals surface area contributed by atoms with Gasteiger partial charge in [-0.3, -0.25) is 4.79 Å². The molecule has 3 heterocycles. The number of fused-ring (bicyclic) bond motifs is 4. The number of anilines is 2. The number of phenolic OH excluding ortho intramolecular Hbond substituents is 1. The molecule has 5 aromatic rings. The molecule has 0 amide bonds. The van der Waals surface area contributed by atoms with Gasteiger partial charge in [0.1, 0.15) is 29.6 Å². The number of hydrogen-bond donors (Lipinski definition) is 3. The summed E-state index contributed by atoms with van der Waals surface area (Å²) >= 11 is 5.46. The maximum Gasteiger partial charge on any atom is 0.336 e. The predicted octanol–water partition coefficient (Wildman–Crippen LogP) is 12.8. The Labute approximate surface area is 420 Å². The Kier molecular flexibility index (Phi) is 14.7. The lowest BCUT2D eigenvalue weighted by Crippen LogP contribution is -2.40. The van der Waals surface area contributed by atoms with Crippen LogP contribution >= 0.6 is 12.2 Å². The van der Waals surface area contributed by atoms with Gasteiger partial charge in [-0.1, -0.05) is 154 Å². The largest absolute Gasteiger partial charge is 0.508 e. The third kappa shape index (κ3) is 10.5. The van der Waals surface area contributed by atoms with Gasteiger partial charge in [0, 0.05) is 87.1 Å². The van der Waals surface area contributed by atoms with Crippen molar-refractivity contribution in [1.82, 2.24) is 0 Å². The molecule has 0 saturated heterocycles. The van der Waals surface area contributed by atoms with Gasteiger partial charge in [-0.05, 0) is 73.0 Å². The van der Waals surface area contributed by atoms with Crippen LogP contribution in [0.3, 0.4) is 0 Å². The van der Waals surface area contributed by atoms with Crippen LogP contribution in [0.15, 0.2) is 127 Å². The van der Waals surface area contributed by atoms with Gasteiger partial charge in [-0.15, -0.1) is 0 Å². The molecule has 3 aliphatic heterocycles. The van der Waals surface area contributed by atoms with Gasteiger partial charge >= 0.3 is 5.97 Å². The van der Waals surface area contributed by atoms with Gasteiger partial charge in [0.25, 0.3) is 0 Å². The number of benzene rings is 5. The normalized spacial score (nSPS) is 16.5. The molecule has 0 saturated carbocycles. The van der Waals surface area contributed by atoms with E-state index in [4.69, 9.17) is 17.0 Å². The zero-order valence-corrected chi connectivity index (χ0v) is 43.7. The first-order chi connectivity index (χ1) is 32.9. The highest BCUT2D eigenvalue weighted by molar-refractivity contribution is 7.80. The highest BCUT2D eigenvalue weighted by atomic mass is 32.1. The molecule has 1 unspecified atom stereocenters. The molecule has 8 rings (SSSR count). The van der Waals surface area contributed by atoms with Crippen molar-refractivity contribution < 1.29 is 29.1 Å². The molecule has 0 radical (unpaired) electrons. The average molecular weight is 957 g/mol. The monoisotopic (exact) mass is 957 g/mol. The lowest BCUT2D eigenvalue weighted by atomic mass is 9.80. The summed E-state index contributed by atoms with van der Waals surface area (Å²) in [5, 5.41) is 24.7. The second-order valence-electron chi connectivity index (χ2n) is 21.8. The van der Waals surface area contributed by atoms with Crippen LogP contribution in [-0.4, -0.2) is 56.4 Å². The number of carbonyl (C=O) groups is 2. The number of allylic oxidation sites excluding steroid dienone is 3. The second-order valence-corrected chi connectivity index (χ2v) is 22.2. The Bertz CT molecular complexity index is 3070. The fraction of sp³-hybridized carbons (Fsp3) is 0.344. The maximum atomic E-state index is 12.6. The number of ketones is 1. The van der Waals surface area contributed by atoms with Crippen molar-refractivity contribution in [1.29, 1.82) is 0 Å². The van der Waals surface area contributed by atoms with Crippen LogP contribution in [0.2, 0.25) is 0 Å². The summed E-state index contributed by atoms with van der Waals surface area (Å²) < 4.78 is 8.50. The van der Waals surface area contributed by atoms with Crippen molar-refractivity contribution >= 4 is 63.9 Å². The SMILES string of the molecule is C=c1ccc2c(c1)Oc1cc(O)ccc1C=2c1ccc(NC(=S)C(C)(C)C)cc1C(=O)O.CCC[N+]1=C(/C=C/C=C/C2N(CCCC(=O)C(C)(C)C)c3ccccc3C2(C)C)C(C)(C)c2ccccc21. The molecule has 8 nitrogen and oxygen atoms in total. The number of aromatic hydroxyl groups is 1. The Balaban J connectivity index is 0.000000209. The first-order valence-corrected chi connectivity index (χ1v) is 24.9. The minimum absolute atomic E-state index is 0.0147. The van der Waals surface area contributed by atoms with Crippen LogP contribution in [0.25, 0.3) is 12.2 Å². The van der Waals surface area contributed by atoms with Gasteiger partial charge in [-0.25, -0.2) is 4.79 Å². The number of carboxylic acid groups (broad SMARTS) is 1. The van der Waals surface area contributed by atoms with E-state index in [9.17, 15) is 19.8 Å². The van der Waals surface area contributed by atoms with E-state index in [1.54, 1.807) is 30.3 Å². The number of nitrogens with zero attached hydrogens (tertiary/aromatic N) is 2. The molecule has 0 fully saturated rings.